The van der Waals surface area contributed by atoms with Gasteiger partial charge in [-0.05, 0) is 31.5 Å². The Morgan fingerprint density at radius 2 is 2.06 bits per heavy atom. The number of nitrogens with zero attached hydrogens (tertiary/aromatic N) is 1. The monoisotopic (exact) mass is 237 g/mol. The third kappa shape index (κ3) is 4.34. The van der Waals surface area contributed by atoms with Gasteiger partial charge in [0.25, 0.3) is 0 Å². The lowest BCUT2D eigenvalue weighted by atomic mass is 10.2. The molecular formula is C13H19NO3. The maximum absolute atomic E-state index is 8.48. The van der Waals surface area contributed by atoms with Gasteiger partial charge in [0.1, 0.15) is 0 Å². The predicted octanol–water partition coefficient (Wildman–Crippen LogP) is 3.07. The standard InChI is InChI=1S/C13H19NO3/c1-3-5-8-17-12-7-6-11(10-14-15)9-13(12)16-4-2/h6-7,9-10,15H,3-5,8H2,1-2H3/b14-10+. The molecule has 0 heterocycles. The molecule has 0 unspecified atom stereocenters. The van der Waals surface area contributed by atoms with E-state index in [9.17, 15) is 0 Å². The zero-order valence-electron chi connectivity index (χ0n) is 10.3. The van der Waals surface area contributed by atoms with E-state index in [1.807, 2.05) is 19.1 Å². The minimum absolute atomic E-state index is 0.573. The Morgan fingerprint density at radius 3 is 2.71 bits per heavy atom. The summed E-state index contributed by atoms with van der Waals surface area (Å²) in [6.07, 6.45) is 3.48. The van der Waals surface area contributed by atoms with E-state index in [2.05, 4.69) is 12.1 Å². The van der Waals surface area contributed by atoms with E-state index >= 15 is 0 Å². The number of hydrogen-bond acceptors (Lipinski definition) is 4. The van der Waals surface area contributed by atoms with Gasteiger partial charge >= 0.3 is 0 Å². The molecule has 0 aliphatic heterocycles. The van der Waals surface area contributed by atoms with Crippen LogP contribution in [0.3, 0.4) is 0 Å². The van der Waals surface area contributed by atoms with Crippen molar-refractivity contribution in [1.29, 1.82) is 0 Å². The highest BCUT2D eigenvalue weighted by Gasteiger charge is 2.05. The first-order chi connectivity index (χ1) is 8.31. The average Bonchev–Trinajstić information content (AvgIpc) is 2.33. The molecule has 0 spiro atoms. The van der Waals surface area contributed by atoms with Crippen LogP contribution in [0.2, 0.25) is 0 Å². The van der Waals surface area contributed by atoms with Crippen LogP contribution in [-0.2, 0) is 0 Å². The second-order valence-corrected chi connectivity index (χ2v) is 3.59. The van der Waals surface area contributed by atoms with E-state index in [0.717, 1.165) is 24.2 Å². The summed E-state index contributed by atoms with van der Waals surface area (Å²) in [6.45, 7) is 5.30. The Bertz CT molecular complexity index is 364. The van der Waals surface area contributed by atoms with E-state index in [4.69, 9.17) is 14.7 Å². The molecule has 1 aromatic rings. The molecule has 0 amide bonds. The van der Waals surface area contributed by atoms with Gasteiger partial charge < -0.3 is 14.7 Å². The van der Waals surface area contributed by atoms with Crippen molar-refractivity contribution in [3.05, 3.63) is 23.8 Å². The van der Waals surface area contributed by atoms with E-state index in [-0.39, 0.29) is 0 Å². The van der Waals surface area contributed by atoms with Gasteiger partial charge in [0.05, 0.1) is 19.4 Å². The molecule has 1 N–H and O–H groups in total. The molecular weight excluding hydrogens is 218 g/mol. The minimum atomic E-state index is 0.573. The van der Waals surface area contributed by atoms with Gasteiger partial charge in [0.2, 0.25) is 0 Å². The smallest absolute Gasteiger partial charge is 0.161 e. The van der Waals surface area contributed by atoms with Crippen LogP contribution in [0.25, 0.3) is 0 Å². The molecule has 1 aromatic carbocycles. The Labute approximate surface area is 102 Å². The summed E-state index contributed by atoms with van der Waals surface area (Å²) in [5.74, 6) is 1.41. The molecule has 1 rings (SSSR count). The van der Waals surface area contributed by atoms with Gasteiger partial charge in [-0.1, -0.05) is 18.5 Å². The maximum atomic E-state index is 8.48. The Morgan fingerprint density at radius 1 is 1.24 bits per heavy atom. The molecule has 0 saturated heterocycles. The summed E-state index contributed by atoms with van der Waals surface area (Å²) in [5.41, 5.74) is 0.777. The van der Waals surface area contributed by atoms with Crippen molar-refractivity contribution in [3.63, 3.8) is 0 Å². The fourth-order valence-corrected chi connectivity index (χ4v) is 1.39. The maximum Gasteiger partial charge on any atom is 0.161 e. The first-order valence-corrected chi connectivity index (χ1v) is 5.88. The normalized spacial score (nSPS) is 10.7. The third-order valence-corrected chi connectivity index (χ3v) is 2.23. The summed E-state index contributed by atoms with van der Waals surface area (Å²) in [6, 6.07) is 5.45. The lowest BCUT2D eigenvalue weighted by molar-refractivity contribution is 0.272. The summed E-state index contributed by atoms with van der Waals surface area (Å²) < 4.78 is 11.1. The molecule has 4 heteroatoms. The van der Waals surface area contributed by atoms with Crippen molar-refractivity contribution in [2.24, 2.45) is 5.16 Å². The summed E-state index contributed by atoms with van der Waals surface area (Å²) >= 11 is 0. The number of ether oxygens (including phenoxy) is 2. The minimum Gasteiger partial charge on any atom is -0.490 e. The zero-order chi connectivity index (χ0) is 12.5. The highest BCUT2D eigenvalue weighted by atomic mass is 16.5. The van der Waals surface area contributed by atoms with Crippen LogP contribution in [0.15, 0.2) is 23.4 Å². The van der Waals surface area contributed by atoms with Crippen molar-refractivity contribution in [3.8, 4) is 11.5 Å². The van der Waals surface area contributed by atoms with Crippen LogP contribution < -0.4 is 9.47 Å². The first-order valence-electron chi connectivity index (χ1n) is 5.88. The van der Waals surface area contributed by atoms with Crippen molar-refractivity contribution < 1.29 is 14.7 Å². The Kier molecular flexibility index (Phi) is 5.93. The molecule has 17 heavy (non-hydrogen) atoms. The fraction of sp³-hybridized carbons (Fsp3) is 0.462. The number of benzene rings is 1. The van der Waals surface area contributed by atoms with Crippen LogP contribution in [0.5, 0.6) is 11.5 Å². The van der Waals surface area contributed by atoms with E-state index in [1.165, 1.54) is 6.21 Å². The Hall–Kier alpha value is -1.71. The van der Waals surface area contributed by atoms with Gasteiger partial charge in [-0.25, -0.2) is 0 Å². The quantitative estimate of drug-likeness (QED) is 0.343. The third-order valence-electron chi connectivity index (χ3n) is 2.23. The molecule has 0 atom stereocenters. The van der Waals surface area contributed by atoms with E-state index < -0.39 is 0 Å². The van der Waals surface area contributed by atoms with Gasteiger partial charge in [-0.3, -0.25) is 0 Å². The lowest BCUT2D eigenvalue weighted by Gasteiger charge is -2.12. The van der Waals surface area contributed by atoms with Crippen LogP contribution in [0, 0.1) is 0 Å². The van der Waals surface area contributed by atoms with Gasteiger partial charge in [0, 0.05) is 5.56 Å². The summed E-state index contributed by atoms with van der Waals surface area (Å²) in [5, 5.41) is 11.5. The van der Waals surface area contributed by atoms with Crippen molar-refractivity contribution in [2.75, 3.05) is 13.2 Å². The van der Waals surface area contributed by atoms with Crippen LogP contribution in [0.4, 0.5) is 0 Å². The van der Waals surface area contributed by atoms with Crippen molar-refractivity contribution in [2.45, 2.75) is 26.7 Å². The SMILES string of the molecule is CCCCOc1ccc(/C=N/O)cc1OCC. The Balaban J connectivity index is 2.79. The topological polar surface area (TPSA) is 51.0 Å². The second-order valence-electron chi connectivity index (χ2n) is 3.59. The number of rotatable bonds is 7. The molecule has 0 saturated carbocycles. The highest BCUT2D eigenvalue weighted by molar-refractivity contribution is 5.80. The molecule has 0 aromatic heterocycles. The number of unbranched alkanes of at least 4 members (excludes halogenated alkanes) is 1. The zero-order valence-corrected chi connectivity index (χ0v) is 10.3. The molecule has 4 nitrogen and oxygen atoms in total. The van der Waals surface area contributed by atoms with Crippen LogP contribution in [-0.4, -0.2) is 24.6 Å². The molecule has 0 aliphatic carbocycles. The van der Waals surface area contributed by atoms with Crippen LogP contribution >= 0.6 is 0 Å². The number of hydrogen-bond donors (Lipinski definition) is 1. The second kappa shape index (κ2) is 7.54. The van der Waals surface area contributed by atoms with Crippen molar-refractivity contribution in [1.82, 2.24) is 0 Å². The molecule has 0 bridgehead atoms. The van der Waals surface area contributed by atoms with E-state index in [0.29, 0.717) is 19.0 Å². The molecule has 0 radical (unpaired) electrons. The van der Waals surface area contributed by atoms with E-state index in [1.54, 1.807) is 6.07 Å². The average molecular weight is 237 g/mol. The molecule has 0 aliphatic rings. The first kappa shape index (κ1) is 13.4. The molecule has 94 valence electrons. The molecule has 0 fully saturated rings. The summed E-state index contributed by atoms with van der Waals surface area (Å²) in [4.78, 5) is 0. The number of oxime groups is 1. The van der Waals surface area contributed by atoms with Crippen molar-refractivity contribution >= 4 is 6.21 Å². The largest absolute Gasteiger partial charge is 0.490 e. The highest BCUT2D eigenvalue weighted by Crippen LogP contribution is 2.28. The van der Waals surface area contributed by atoms with Gasteiger partial charge in [-0.15, -0.1) is 0 Å². The van der Waals surface area contributed by atoms with Crippen LogP contribution in [0.1, 0.15) is 32.3 Å². The summed E-state index contributed by atoms with van der Waals surface area (Å²) in [7, 11) is 0. The van der Waals surface area contributed by atoms with Gasteiger partial charge in [0.15, 0.2) is 11.5 Å². The predicted molar refractivity (Wildman–Crippen MR) is 67.4 cm³/mol. The van der Waals surface area contributed by atoms with Gasteiger partial charge in [-0.2, -0.15) is 0 Å². The lowest BCUT2D eigenvalue weighted by Crippen LogP contribution is -2.01. The fourth-order valence-electron chi connectivity index (χ4n) is 1.39.